The normalized spacial score (nSPS) is 16.2. The number of carbonyl (C=O) groups excluding carboxylic acids is 2. The Morgan fingerprint density at radius 1 is 1.32 bits per heavy atom. The Morgan fingerprint density at radius 3 is 2.50 bits per heavy atom. The predicted molar refractivity (Wildman–Crippen MR) is 75.3 cm³/mol. The molecule has 1 aliphatic carbocycles. The fourth-order valence-electron chi connectivity index (χ4n) is 2.46. The first-order valence-corrected chi connectivity index (χ1v) is 7.02. The van der Waals surface area contributed by atoms with Crippen molar-refractivity contribution < 1.29 is 68.1 Å². The summed E-state index contributed by atoms with van der Waals surface area (Å²) < 4.78 is 5.60. The van der Waals surface area contributed by atoms with Gasteiger partial charge in [-0.15, -0.1) is 6.92 Å². The minimum absolute atomic E-state index is 0. The molecule has 1 aromatic rings. The standard InChI is InChI=1S/C17H20O3.W.Y/c1-12-4-5-13(2)14(10-12)11-16(19)20-17(3)8-6-15(18)7-9-17;;/h5H,6-9,11H2,1-3H3;;/q-2;;. The topological polar surface area (TPSA) is 43.4 Å². The molecule has 0 bridgehead atoms. The van der Waals surface area contributed by atoms with Gasteiger partial charge in [0.1, 0.15) is 11.4 Å². The summed E-state index contributed by atoms with van der Waals surface area (Å²) >= 11 is 0. The van der Waals surface area contributed by atoms with Crippen LogP contribution in [0.4, 0.5) is 0 Å². The van der Waals surface area contributed by atoms with Gasteiger partial charge < -0.3 is 16.9 Å². The Kier molecular flexibility index (Phi) is 9.51. The zero-order chi connectivity index (χ0) is 14.8. The predicted octanol–water partition coefficient (Wildman–Crippen LogP) is 2.89. The van der Waals surface area contributed by atoms with E-state index in [1.54, 1.807) is 0 Å². The van der Waals surface area contributed by atoms with Crippen molar-refractivity contribution >= 4 is 11.8 Å². The Hall–Kier alpha value is 0.152. The van der Waals surface area contributed by atoms with E-state index >= 15 is 0 Å². The van der Waals surface area contributed by atoms with E-state index in [9.17, 15) is 9.59 Å². The van der Waals surface area contributed by atoms with Crippen LogP contribution < -0.4 is 0 Å². The number of ketones is 1. The molecule has 2 rings (SSSR count). The van der Waals surface area contributed by atoms with E-state index < -0.39 is 5.60 Å². The van der Waals surface area contributed by atoms with Crippen LogP contribution in [0, 0.1) is 26.0 Å². The van der Waals surface area contributed by atoms with Gasteiger partial charge in [0.05, 0.1) is 0 Å². The molecular weight excluding hydrogens is 525 g/mol. The summed E-state index contributed by atoms with van der Waals surface area (Å²) in [5, 5.41) is 0. The SMILES string of the molecule is Cc1[c-]cc(C)c(CC(=O)OC2(C)CCC(=O)CC2)[c-]1.[W].[Y]. The third-order valence-corrected chi connectivity index (χ3v) is 3.87. The van der Waals surface area contributed by atoms with Crippen molar-refractivity contribution in [1.82, 2.24) is 0 Å². The molecule has 5 heteroatoms. The van der Waals surface area contributed by atoms with Crippen molar-refractivity contribution in [3.63, 3.8) is 0 Å². The van der Waals surface area contributed by atoms with E-state index in [0.717, 1.165) is 16.7 Å². The molecule has 22 heavy (non-hydrogen) atoms. The molecule has 1 radical (unpaired) electrons. The fourth-order valence-corrected chi connectivity index (χ4v) is 2.46. The molecule has 0 unspecified atom stereocenters. The number of hydrogen-bond donors (Lipinski definition) is 0. The monoisotopic (exact) mass is 545 g/mol. The van der Waals surface area contributed by atoms with Gasteiger partial charge in [0.25, 0.3) is 0 Å². The van der Waals surface area contributed by atoms with Crippen molar-refractivity contribution in [1.29, 1.82) is 0 Å². The largest absolute Gasteiger partial charge is 0.459 e. The van der Waals surface area contributed by atoms with Gasteiger partial charge in [-0.05, 0) is 19.8 Å². The molecule has 0 saturated heterocycles. The van der Waals surface area contributed by atoms with E-state index in [2.05, 4.69) is 12.1 Å². The first kappa shape index (κ1) is 22.2. The van der Waals surface area contributed by atoms with Crippen LogP contribution in [0.2, 0.25) is 0 Å². The van der Waals surface area contributed by atoms with Crippen LogP contribution in [-0.4, -0.2) is 17.4 Å². The van der Waals surface area contributed by atoms with Gasteiger partial charge in [-0.2, -0.15) is 0 Å². The Balaban J connectivity index is 0.00000220. The second-order valence-electron chi connectivity index (χ2n) is 5.84. The molecule has 0 atom stereocenters. The maximum atomic E-state index is 12.1. The van der Waals surface area contributed by atoms with Crippen LogP contribution in [0.1, 0.15) is 49.3 Å². The van der Waals surface area contributed by atoms with Crippen molar-refractivity contribution in [2.24, 2.45) is 0 Å². The number of carbonyl (C=O) groups is 2. The number of aryl methyl sites for hydroxylation is 2. The number of ether oxygens (including phenoxy) is 1. The minimum Gasteiger partial charge on any atom is -0.459 e. The summed E-state index contributed by atoms with van der Waals surface area (Å²) in [5.74, 6) is 0.0173. The molecule has 0 aliphatic heterocycles. The van der Waals surface area contributed by atoms with E-state index in [0.29, 0.717) is 25.7 Å². The molecule has 1 saturated carbocycles. The molecule has 0 aromatic heterocycles. The van der Waals surface area contributed by atoms with Crippen molar-refractivity contribution in [3.8, 4) is 0 Å². The number of esters is 1. The van der Waals surface area contributed by atoms with Gasteiger partial charge in [0.15, 0.2) is 0 Å². The van der Waals surface area contributed by atoms with Crippen molar-refractivity contribution in [2.45, 2.75) is 58.5 Å². The molecule has 0 heterocycles. The fraction of sp³-hybridized carbons (Fsp3) is 0.529. The van der Waals surface area contributed by atoms with Crippen LogP contribution in [0.3, 0.4) is 0 Å². The summed E-state index contributed by atoms with van der Waals surface area (Å²) in [6, 6.07) is 8.09. The Bertz CT molecular complexity index is 533. The molecule has 1 aromatic carbocycles. The Morgan fingerprint density at radius 2 is 1.91 bits per heavy atom. The quantitative estimate of drug-likeness (QED) is 0.434. The van der Waals surface area contributed by atoms with Gasteiger partial charge in [-0.1, -0.05) is 6.92 Å². The van der Waals surface area contributed by atoms with Crippen LogP contribution in [-0.2, 0) is 74.5 Å². The Labute approximate surface area is 172 Å². The van der Waals surface area contributed by atoms with Crippen LogP contribution in [0.25, 0.3) is 0 Å². The molecule has 3 nitrogen and oxygen atoms in total. The van der Waals surface area contributed by atoms with Crippen LogP contribution in [0.15, 0.2) is 6.07 Å². The average molecular weight is 545 g/mol. The summed E-state index contributed by atoms with van der Waals surface area (Å²) in [6.45, 7) is 5.76. The summed E-state index contributed by atoms with van der Waals surface area (Å²) in [7, 11) is 0. The van der Waals surface area contributed by atoms with E-state index in [1.807, 2.05) is 26.8 Å². The summed E-state index contributed by atoms with van der Waals surface area (Å²) in [5.41, 5.74) is 2.26. The van der Waals surface area contributed by atoms with E-state index in [1.165, 1.54) is 0 Å². The molecule has 0 amide bonds. The zero-order valence-corrected chi connectivity index (χ0v) is 19.1. The number of hydrogen-bond acceptors (Lipinski definition) is 3. The molecular formula is C17H20O3WY-2. The molecule has 0 N–H and O–H groups in total. The van der Waals surface area contributed by atoms with Gasteiger partial charge >= 0.3 is 5.97 Å². The first-order valence-electron chi connectivity index (χ1n) is 7.02. The average Bonchev–Trinajstić information content (AvgIpc) is 2.37. The molecule has 117 valence electrons. The van der Waals surface area contributed by atoms with Crippen LogP contribution in [0.5, 0.6) is 0 Å². The zero-order valence-electron chi connectivity index (χ0n) is 13.3. The second-order valence-corrected chi connectivity index (χ2v) is 5.84. The maximum absolute atomic E-state index is 12.1. The van der Waals surface area contributed by atoms with E-state index in [4.69, 9.17) is 4.74 Å². The number of rotatable bonds is 3. The second kappa shape index (κ2) is 9.45. The van der Waals surface area contributed by atoms with Crippen LogP contribution >= 0.6 is 0 Å². The number of benzene rings is 1. The van der Waals surface area contributed by atoms with Gasteiger partial charge in [-0.25, -0.2) is 0 Å². The molecule has 0 spiro atoms. The smallest absolute Gasteiger partial charge is 0.306 e. The third kappa shape index (κ3) is 6.34. The van der Waals surface area contributed by atoms with E-state index in [-0.39, 0.29) is 71.9 Å². The van der Waals surface area contributed by atoms with Crippen molar-refractivity contribution in [3.05, 3.63) is 34.9 Å². The summed E-state index contributed by atoms with van der Waals surface area (Å²) in [4.78, 5) is 23.4. The van der Waals surface area contributed by atoms with Gasteiger partial charge in [0.2, 0.25) is 0 Å². The number of Topliss-reactive ketones (excluding diaryl/α,β-unsaturated/α-hetero) is 1. The van der Waals surface area contributed by atoms with Crippen molar-refractivity contribution in [2.75, 3.05) is 0 Å². The molecule has 1 fully saturated rings. The molecule has 1 aliphatic rings. The van der Waals surface area contributed by atoms with Gasteiger partial charge in [-0.3, -0.25) is 32.3 Å². The minimum atomic E-state index is -0.491. The first-order chi connectivity index (χ1) is 9.38. The third-order valence-electron chi connectivity index (χ3n) is 3.87. The maximum Gasteiger partial charge on any atom is 0.306 e. The van der Waals surface area contributed by atoms with Gasteiger partial charge in [0, 0.05) is 73.0 Å². The summed E-state index contributed by atoms with van der Waals surface area (Å²) in [6.07, 6.45) is 2.50.